The summed E-state index contributed by atoms with van der Waals surface area (Å²) in [5.74, 6) is -0.0592. The number of ether oxygens (including phenoxy) is 2. The maximum absolute atomic E-state index is 13.3. The number of morpholine rings is 1. The lowest BCUT2D eigenvalue weighted by atomic mass is 10.1. The van der Waals surface area contributed by atoms with E-state index >= 15 is 0 Å². The molecule has 1 aliphatic carbocycles. The van der Waals surface area contributed by atoms with Crippen LogP contribution in [0.25, 0.3) is 0 Å². The number of nitrogens with zero attached hydrogens (tertiary/aromatic N) is 1. The van der Waals surface area contributed by atoms with Crippen LogP contribution in [0.15, 0.2) is 24.3 Å². The van der Waals surface area contributed by atoms with E-state index in [1.807, 2.05) is 0 Å². The molecule has 0 unspecified atom stereocenters. The third-order valence-electron chi connectivity index (χ3n) is 4.51. The van der Waals surface area contributed by atoms with E-state index in [1.54, 1.807) is 12.1 Å². The second-order valence-electron chi connectivity index (χ2n) is 6.09. The minimum absolute atomic E-state index is 0.319. The van der Waals surface area contributed by atoms with E-state index < -0.39 is 24.1 Å². The number of urea groups is 1. The number of aliphatic hydroxyl groups is 1. The van der Waals surface area contributed by atoms with Gasteiger partial charge in [-0.05, 0) is 12.1 Å². The molecule has 0 radical (unpaired) electrons. The monoisotopic (exact) mass is 339 g/mol. The van der Waals surface area contributed by atoms with Crippen molar-refractivity contribution in [3.05, 3.63) is 30.1 Å². The van der Waals surface area contributed by atoms with Crippen molar-refractivity contribution in [2.75, 3.05) is 26.3 Å². The number of halogens is 1. The van der Waals surface area contributed by atoms with Gasteiger partial charge in [-0.25, -0.2) is 9.18 Å². The molecule has 132 valence electrons. The summed E-state index contributed by atoms with van der Waals surface area (Å²) in [5.41, 5.74) is 5.26. The van der Waals surface area contributed by atoms with Crippen molar-refractivity contribution in [3.63, 3.8) is 0 Å². The lowest BCUT2D eigenvalue weighted by Crippen LogP contribution is -2.57. The van der Waals surface area contributed by atoms with Crippen LogP contribution in [0.5, 0.6) is 5.75 Å². The van der Waals surface area contributed by atoms with E-state index in [2.05, 4.69) is 10.2 Å². The summed E-state index contributed by atoms with van der Waals surface area (Å²) in [7, 11) is 0. The summed E-state index contributed by atoms with van der Waals surface area (Å²) in [5, 5.41) is 13.4. The Bertz CT molecular complexity index is 582. The van der Waals surface area contributed by atoms with Crippen LogP contribution in [0, 0.1) is 5.82 Å². The van der Waals surface area contributed by atoms with Gasteiger partial charge in [-0.3, -0.25) is 4.90 Å². The summed E-state index contributed by atoms with van der Waals surface area (Å²) in [4.78, 5) is 13.4. The smallest absolute Gasteiger partial charge is 0.312 e. The molecule has 1 saturated heterocycles. The molecule has 0 bridgehead atoms. The number of carbonyl (C=O) groups excluding carboxylic acids is 1. The molecular formula is C16H22FN3O4. The SMILES string of the molecule is NC(=O)N[C@@H]1C[C@@H](Oc2cccc(F)c2)[C@H](O)[C@H]1N1CCOCC1. The minimum Gasteiger partial charge on any atom is -0.487 e. The quantitative estimate of drug-likeness (QED) is 0.722. The van der Waals surface area contributed by atoms with E-state index in [4.69, 9.17) is 15.2 Å². The van der Waals surface area contributed by atoms with Crippen LogP contribution in [0.1, 0.15) is 6.42 Å². The molecule has 4 atom stereocenters. The van der Waals surface area contributed by atoms with Crippen molar-refractivity contribution in [2.45, 2.75) is 30.7 Å². The average Bonchev–Trinajstić information content (AvgIpc) is 2.83. The van der Waals surface area contributed by atoms with Crippen LogP contribution in [-0.2, 0) is 4.74 Å². The highest BCUT2D eigenvalue weighted by Crippen LogP contribution is 2.30. The van der Waals surface area contributed by atoms with Gasteiger partial charge in [0, 0.05) is 25.6 Å². The van der Waals surface area contributed by atoms with Crippen molar-refractivity contribution in [2.24, 2.45) is 5.73 Å². The minimum atomic E-state index is -0.830. The van der Waals surface area contributed by atoms with Crippen molar-refractivity contribution >= 4 is 6.03 Å². The molecular weight excluding hydrogens is 317 g/mol. The van der Waals surface area contributed by atoms with Gasteiger partial charge in [-0.2, -0.15) is 0 Å². The predicted molar refractivity (Wildman–Crippen MR) is 84.1 cm³/mol. The third kappa shape index (κ3) is 3.77. The molecule has 7 nitrogen and oxygen atoms in total. The molecule has 0 spiro atoms. The van der Waals surface area contributed by atoms with Gasteiger partial charge in [0.05, 0.1) is 25.3 Å². The maximum atomic E-state index is 13.3. The van der Waals surface area contributed by atoms with Crippen molar-refractivity contribution in [1.82, 2.24) is 10.2 Å². The summed E-state index contributed by atoms with van der Waals surface area (Å²) in [6.07, 6.45) is -0.998. The van der Waals surface area contributed by atoms with Gasteiger partial charge < -0.3 is 25.6 Å². The number of benzene rings is 1. The van der Waals surface area contributed by atoms with Gasteiger partial charge in [0.15, 0.2) is 0 Å². The first-order valence-electron chi connectivity index (χ1n) is 8.02. The fourth-order valence-corrected chi connectivity index (χ4v) is 3.49. The molecule has 1 aromatic carbocycles. The Morgan fingerprint density at radius 1 is 1.42 bits per heavy atom. The number of nitrogens with one attached hydrogen (secondary N) is 1. The Labute approximate surface area is 139 Å². The van der Waals surface area contributed by atoms with E-state index in [-0.39, 0.29) is 12.1 Å². The molecule has 2 aliphatic rings. The summed E-state index contributed by atoms with van der Waals surface area (Å²) < 4.78 is 24.4. The molecule has 0 aromatic heterocycles. The van der Waals surface area contributed by atoms with E-state index in [0.717, 1.165) is 0 Å². The number of primary amides is 1. The van der Waals surface area contributed by atoms with Gasteiger partial charge in [-0.1, -0.05) is 6.07 Å². The first-order chi connectivity index (χ1) is 11.5. The van der Waals surface area contributed by atoms with Crippen LogP contribution in [0.3, 0.4) is 0 Å². The Hall–Kier alpha value is -1.90. The zero-order valence-electron chi connectivity index (χ0n) is 13.2. The molecule has 24 heavy (non-hydrogen) atoms. The number of aliphatic hydroxyl groups excluding tert-OH is 1. The summed E-state index contributed by atoms with van der Waals surface area (Å²) in [6.45, 7) is 2.46. The van der Waals surface area contributed by atoms with Crippen LogP contribution in [0.4, 0.5) is 9.18 Å². The van der Waals surface area contributed by atoms with Crippen molar-refractivity contribution < 1.29 is 23.8 Å². The van der Waals surface area contributed by atoms with Gasteiger partial charge in [-0.15, -0.1) is 0 Å². The van der Waals surface area contributed by atoms with Gasteiger partial charge in [0.1, 0.15) is 23.8 Å². The van der Waals surface area contributed by atoms with E-state index in [0.29, 0.717) is 38.5 Å². The molecule has 2 amide bonds. The van der Waals surface area contributed by atoms with Crippen molar-refractivity contribution in [1.29, 1.82) is 0 Å². The van der Waals surface area contributed by atoms with Crippen LogP contribution in [0.2, 0.25) is 0 Å². The molecule has 3 rings (SSSR count). The molecule has 4 N–H and O–H groups in total. The fraction of sp³-hybridized carbons (Fsp3) is 0.562. The first kappa shape index (κ1) is 16.9. The van der Waals surface area contributed by atoms with E-state index in [1.165, 1.54) is 12.1 Å². The number of nitrogens with two attached hydrogens (primary N) is 1. The lowest BCUT2D eigenvalue weighted by Gasteiger charge is -2.37. The molecule has 1 aromatic rings. The lowest BCUT2D eigenvalue weighted by molar-refractivity contribution is -0.0348. The Morgan fingerprint density at radius 3 is 2.83 bits per heavy atom. The predicted octanol–water partition coefficient (Wildman–Crippen LogP) is 0.0754. The second-order valence-corrected chi connectivity index (χ2v) is 6.09. The number of hydrogen-bond acceptors (Lipinski definition) is 5. The highest BCUT2D eigenvalue weighted by molar-refractivity contribution is 5.72. The molecule has 8 heteroatoms. The van der Waals surface area contributed by atoms with Crippen LogP contribution < -0.4 is 15.8 Å². The topological polar surface area (TPSA) is 97.1 Å². The number of amides is 2. The first-order valence-corrected chi connectivity index (χ1v) is 8.02. The maximum Gasteiger partial charge on any atom is 0.312 e. The largest absolute Gasteiger partial charge is 0.487 e. The Kier molecular flexibility index (Phi) is 5.17. The highest BCUT2D eigenvalue weighted by Gasteiger charge is 2.47. The fourth-order valence-electron chi connectivity index (χ4n) is 3.49. The molecule has 1 heterocycles. The van der Waals surface area contributed by atoms with Crippen LogP contribution in [-0.4, -0.2) is 66.6 Å². The van der Waals surface area contributed by atoms with Crippen LogP contribution >= 0.6 is 0 Å². The third-order valence-corrected chi connectivity index (χ3v) is 4.51. The Morgan fingerprint density at radius 2 is 2.17 bits per heavy atom. The summed E-state index contributed by atoms with van der Waals surface area (Å²) >= 11 is 0. The zero-order chi connectivity index (χ0) is 17.1. The highest BCUT2D eigenvalue weighted by atomic mass is 19.1. The standard InChI is InChI=1S/C16H22FN3O4/c17-10-2-1-3-11(8-10)24-13-9-12(19-16(18)22)14(15(13)21)20-4-6-23-7-5-20/h1-3,8,12-15,21H,4-7,9H2,(H3,18,19,22)/t12-,13-,14+,15+/m1/s1. The molecule has 1 aliphatic heterocycles. The molecule has 1 saturated carbocycles. The van der Waals surface area contributed by atoms with Gasteiger partial charge in [0.2, 0.25) is 0 Å². The normalized spacial score (nSPS) is 30.9. The number of carbonyl (C=O) groups is 1. The number of rotatable bonds is 4. The van der Waals surface area contributed by atoms with Crippen molar-refractivity contribution in [3.8, 4) is 5.75 Å². The molecule has 2 fully saturated rings. The van der Waals surface area contributed by atoms with Gasteiger partial charge in [0.25, 0.3) is 0 Å². The summed E-state index contributed by atoms with van der Waals surface area (Å²) in [6, 6.07) is 4.47. The van der Waals surface area contributed by atoms with Gasteiger partial charge >= 0.3 is 6.03 Å². The van der Waals surface area contributed by atoms with E-state index in [9.17, 15) is 14.3 Å². The Balaban J connectivity index is 1.75. The average molecular weight is 339 g/mol. The zero-order valence-corrected chi connectivity index (χ0v) is 13.2. The number of hydrogen-bond donors (Lipinski definition) is 3. The second kappa shape index (κ2) is 7.33.